The normalized spacial score (nSPS) is 18.1. The first-order valence-corrected chi connectivity index (χ1v) is 27.7. The lowest BCUT2D eigenvalue weighted by molar-refractivity contribution is -0.0928. The van der Waals surface area contributed by atoms with Crippen LogP contribution in [0.25, 0.3) is 11.2 Å². The number of hydrogen-bond acceptors (Lipinski definition) is 13. The Bertz CT molecular complexity index is 2620. The largest absolute Gasteiger partial charge is 0.497 e. The lowest BCUT2D eigenvalue weighted by Gasteiger charge is -2.43. The van der Waals surface area contributed by atoms with Gasteiger partial charge in [0.1, 0.15) is 41.7 Å². The highest BCUT2D eigenvalue weighted by Crippen LogP contribution is 2.53. The number of nitriles is 1. The summed E-state index contributed by atoms with van der Waals surface area (Å²) in [6.07, 6.45) is -0.0636. The van der Waals surface area contributed by atoms with Gasteiger partial charge in [-0.2, -0.15) is 5.26 Å². The molecule has 1 aliphatic heterocycles. The van der Waals surface area contributed by atoms with E-state index in [1.165, 1.54) is 6.33 Å². The molecule has 0 saturated carbocycles. The van der Waals surface area contributed by atoms with Crippen LogP contribution in [0.1, 0.15) is 88.2 Å². The second-order valence-electron chi connectivity index (χ2n) is 19.2. The maximum atomic E-state index is 13.5. The minimum Gasteiger partial charge on any atom is -0.497 e. The number of amides is 1. The molecule has 2 aromatic heterocycles. The molecule has 6 aromatic rings. The van der Waals surface area contributed by atoms with E-state index >= 15 is 0 Å². The van der Waals surface area contributed by atoms with Gasteiger partial charge in [0.15, 0.2) is 31.5 Å². The number of fused-ring (bicyclic) bond motifs is 1. The maximum absolute atomic E-state index is 13.5. The predicted molar refractivity (Wildman–Crippen MR) is 274 cm³/mol. The van der Waals surface area contributed by atoms with Gasteiger partial charge in [-0.25, -0.2) is 19.6 Å². The van der Waals surface area contributed by atoms with E-state index in [1.807, 2.05) is 77.4 Å². The molecule has 17 heteroatoms. The molecule has 1 fully saturated rings. The van der Waals surface area contributed by atoms with E-state index in [9.17, 15) is 10.1 Å². The van der Waals surface area contributed by atoms with Gasteiger partial charge in [0, 0.05) is 17.6 Å². The molecule has 0 bridgehead atoms. The molecule has 0 radical (unpaired) electrons. The van der Waals surface area contributed by atoms with Crippen molar-refractivity contribution >= 4 is 39.7 Å². The zero-order valence-corrected chi connectivity index (χ0v) is 43.9. The number of ether oxygens (including phenoxy) is 4. The Morgan fingerprint density at radius 3 is 1.94 bits per heavy atom. The van der Waals surface area contributed by atoms with Crippen LogP contribution in [0.5, 0.6) is 11.5 Å². The molecule has 1 saturated heterocycles. The minimum atomic E-state index is -2.65. The molecule has 0 spiro atoms. The van der Waals surface area contributed by atoms with Gasteiger partial charge in [-0.3, -0.25) is 9.36 Å². The summed E-state index contributed by atoms with van der Waals surface area (Å²) >= 11 is 0. The average Bonchev–Trinajstić information content (AvgIpc) is 3.93. The Hall–Kier alpha value is -5.60. The predicted octanol–water partition coefficient (Wildman–Crippen LogP) is 11.1. The fourth-order valence-corrected chi connectivity index (χ4v) is 11.5. The number of nitrogens with zero attached hydrogens (tertiary/aromatic N) is 6. The van der Waals surface area contributed by atoms with Gasteiger partial charge in [-0.15, -0.1) is 0 Å². The first-order valence-electron chi connectivity index (χ1n) is 23.6. The van der Waals surface area contributed by atoms with Crippen LogP contribution in [0.2, 0.25) is 18.1 Å². The Kier molecular flexibility index (Phi) is 16.9. The molecule has 370 valence electrons. The van der Waals surface area contributed by atoms with Crippen molar-refractivity contribution in [3.05, 3.63) is 144 Å². The van der Waals surface area contributed by atoms with E-state index in [-0.39, 0.29) is 48.5 Å². The third-order valence-electron chi connectivity index (χ3n) is 12.9. The summed E-state index contributed by atoms with van der Waals surface area (Å²) in [5.41, 5.74) is 2.64. The topological polar surface area (TPSA) is 164 Å². The number of imidazole rings is 1. The smallest absolute Gasteiger partial charge is 0.259 e. The van der Waals surface area contributed by atoms with Gasteiger partial charge in [-0.05, 0) is 98.9 Å². The van der Waals surface area contributed by atoms with Gasteiger partial charge < -0.3 is 37.7 Å². The standard InChI is InChI=1S/C53H66N7O8PSi/c1-36(2)60(37(3)4)69(65-32-18-31-54)67-47-46(68-70(10,11)52(5,6)7)44(66-51(47)59-35-57-45-48(55-34-56-49(45)59)58-50(61)38-19-14-12-15-20-38)33-64-53(39-21-16-13-17-22-39,40-23-27-42(62-8)28-24-40)41-25-29-43(63-9)30-26-41/h12-17,19-30,34-37,44,46-47,51H,18,32-33H2,1-11H3,(H,55,56,58,61)/t44?,46-,47?,51?,69?/m0/s1. The number of rotatable bonds is 21. The van der Waals surface area contributed by atoms with Crippen molar-refractivity contribution in [1.29, 1.82) is 5.26 Å². The lowest BCUT2D eigenvalue weighted by atomic mass is 9.80. The van der Waals surface area contributed by atoms with Crippen molar-refractivity contribution in [2.45, 2.75) is 115 Å². The molecule has 1 aliphatic rings. The van der Waals surface area contributed by atoms with Crippen molar-refractivity contribution in [2.75, 3.05) is 32.8 Å². The summed E-state index contributed by atoms with van der Waals surface area (Å²) in [4.78, 5) is 27.5. The van der Waals surface area contributed by atoms with Gasteiger partial charge >= 0.3 is 0 Å². The summed E-state index contributed by atoms with van der Waals surface area (Å²) < 4.78 is 51.7. The van der Waals surface area contributed by atoms with Gasteiger partial charge in [0.25, 0.3) is 14.4 Å². The quantitative estimate of drug-likeness (QED) is 0.0314. The summed E-state index contributed by atoms with van der Waals surface area (Å²) in [5, 5.41) is 12.4. The lowest BCUT2D eigenvalue weighted by Crippen LogP contribution is -2.51. The second kappa shape index (κ2) is 22.6. The molecule has 4 unspecified atom stereocenters. The Labute approximate surface area is 414 Å². The third kappa shape index (κ3) is 11.3. The number of anilines is 1. The van der Waals surface area contributed by atoms with Crippen LogP contribution in [0, 0.1) is 11.3 Å². The fourth-order valence-electron chi connectivity index (χ4n) is 8.42. The zero-order chi connectivity index (χ0) is 50.2. The summed E-state index contributed by atoms with van der Waals surface area (Å²) in [5.74, 6) is 1.30. The van der Waals surface area contributed by atoms with E-state index < -0.39 is 47.0 Å². The van der Waals surface area contributed by atoms with Gasteiger partial charge in [0.05, 0.1) is 46.3 Å². The van der Waals surface area contributed by atoms with Crippen molar-refractivity contribution in [3.63, 3.8) is 0 Å². The summed E-state index contributed by atoms with van der Waals surface area (Å²) in [7, 11) is -1.19. The van der Waals surface area contributed by atoms with Crippen molar-refractivity contribution in [1.82, 2.24) is 24.2 Å². The van der Waals surface area contributed by atoms with Crippen LogP contribution < -0.4 is 14.8 Å². The van der Waals surface area contributed by atoms with Crippen molar-refractivity contribution in [2.24, 2.45) is 0 Å². The number of nitrogens with one attached hydrogen (secondary N) is 1. The monoisotopic (exact) mass is 987 g/mol. The molecule has 1 amide bonds. The van der Waals surface area contributed by atoms with Crippen LogP contribution >= 0.6 is 8.53 Å². The SMILES string of the molecule is COc1ccc(C(OCC2OC(n3cnc4c(NC(=O)c5ccccc5)ncnc43)C(OP(OCCC#N)N(C(C)C)C(C)C)[C@H]2O[Si](C)(C)C(C)(C)C)(c2ccccc2)c2ccc(OC)cc2)cc1. The molecule has 3 heterocycles. The molecule has 7 rings (SSSR count). The molecule has 0 aliphatic carbocycles. The molecule has 4 aromatic carbocycles. The second-order valence-corrected chi connectivity index (χ2v) is 25.4. The number of benzene rings is 4. The van der Waals surface area contributed by atoms with E-state index in [2.05, 4.69) is 94.7 Å². The third-order valence-corrected chi connectivity index (χ3v) is 19.5. The van der Waals surface area contributed by atoms with Crippen LogP contribution in [0.3, 0.4) is 0 Å². The van der Waals surface area contributed by atoms with Gasteiger partial charge in [-0.1, -0.05) is 93.6 Å². The van der Waals surface area contributed by atoms with Crippen LogP contribution in [0.4, 0.5) is 5.82 Å². The highest BCUT2D eigenvalue weighted by atomic mass is 31.2. The number of carbonyl (C=O) groups is 1. The number of carbonyl (C=O) groups excluding carboxylic acids is 1. The molecular weight excluding hydrogens is 922 g/mol. The molecule has 70 heavy (non-hydrogen) atoms. The van der Waals surface area contributed by atoms with Crippen molar-refractivity contribution < 1.29 is 37.2 Å². The average molecular weight is 988 g/mol. The molecule has 1 N–H and O–H groups in total. The van der Waals surface area contributed by atoms with Gasteiger partial charge in [0.2, 0.25) is 0 Å². The summed E-state index contributed by atoms with van der Waals surface area (Å²) in [6, 6.07) is 37.1. The van der Waals surface area contributed by atoms with Crippen LogP contribution in [-0.2, 0) is 28.5 Å². The fraction of sp³-hybridized carbons (Fsp3) is 0.415. The minimum absolute atomic E-state index is 0.00550. The van der Waals surface area contributed by atoms with Crippen LogP contribution in [0.15, 0.2) is 122 Å². The zero-order valence-electron chi connectivity index (χ0n) is 42.0. The van der Waals surface area contributed by atoms with E-state index in [0.29, 0.717) is 28.2 Å². The number of aromatic nitrogens is 4. The van der Waals surface area contributed by atoms with Crippen LogP contribution in [-0.4, -0.2) is 96.2 Å². The molecular formula is C53H66N7O8PSi. The Morgan fingerprint density at radius 1 is 0.829 bits per heavy atom. The molecule has 5 atom stereocenters. The summed E-state index contributed by atoms with van der Waals surface area (Å²) in [6.45, 7) is 19.6. The first kappa shape index (κ1) is 52.2. The number of hydrogen-bond donors (Lipinski definition) is 1. The van der Waals surface area contributed by atoms with E-state index in [4.69, 9.17) is 42.4 Å². The molecule has 15 nitrogen and oxygen atoms in total. The Morgan fingerprint density at radius 2 is 1.40 bits per heavy atom. The van der Waals surface area contributed by atoms with E-state index in [0.717, 1.165) is 16.7 Å². The Balaban J connectivity index is 1.40. The highest BCUT2D eigenvalue weighted by molar-refractivity contribution is 7.44. The number of methoxy groups -OCH3 is 2. The highest BCUT2D eigenvalue weighted by Gasteiger charge is 2.54. The first-order chi connectivity index (χ1) is 33.5. The maximum Gasteiger partial charge on any atom is 0.259 e. The van der Waals surface area contributed by atoms with Crippen molar-refractivity contribution in [3.8, 4) is 17.6 Å². The van der Waals surface area contributed by atoms with E-state index in [1.54, 1.807) is 44.8 Å².